The average Bonchev–Trinajstić information content (AvgIpc) is 1.69. The van der Waals surface area contributed by atoms with Gasteiger partial charge in [0.2, 0.25) is 0 Å². The summed E-state index contributed by atoms with van der Waals surface area (Å²) in [6.07, 6.45) is 1.95. The Labute approximate surface area is 49.5 Å². The SMILES string of the molecule is [CH2]CCCN=C=S. The molecule has 0 spiro atoms. The molecule has 2 heteroatoms. The number of isothiocyanates is 1. The summed E-state index contributed by atoms with van der Waals surface area (Å²) >= 11 is 4.33. The molecule has 0 amide bonds. The predicted molar refractivity (Wildman–Crippen MR) is 34.5 cm³/mol. The summed E-state index contributed by atoms with van der Waals surface area (Å²) in [6, 6.07) is 0. The van der Waals surface area contributed by atoms with E-state index in [2.05, 4.69) is 29.3 Å². The van der Waals surface area contributed by atoms with Gasteiger partial charge < -0.3 is 0 Å². The van der Waals surface area contributed by atoms with E-state index in [0.717, 1.165) is 19.4 Å². The molecule has 0 aromatic heterocycles. The lowest BCUT2D eigenvalue weighted by atomic mass is 10.3. The van der Waals surface area contributed by atoms with E-state index in [-0.39, 0.29) is 0 Å². The number of nitrogens with zero attached hydrogens (tertiary/aromatic N) is 1. The van der Waals surface area contributed by atoms with Crippen molar-refractivity contribution in [2.24, 2.45) is 4.99 Å². The molecule has 0 aliphatic heterocycles. The second-order valence-electron chi connectivity index (χ2n) is 1.18. The summed E-state index contributed by atoms with van der Waals surface area (Å²) in [5, 5.41) is 2.28. The van der Waals surface area contributed by atoms with Crippen molar-refractivity contribution in [1.29, 1.82) is 0 Å². The van der Waals surface area contributed by atoms with Gasteiger partial charge in [0.15, 0.2) is 0 Å². The molecule has 0 fully saturated rings. The standard InChI is InChI=1S/C5H8NS/c1-2-3-4-6-5-7/h1-4H2. The molecule has 1 nitrogen and oxygen atoms in total. The van der Waals surface area contributed by atoms with Gasteiger partial charge in [0.05, 0.1) is 5.16 Å². The smallest absolute Gasteiger partial charge is 0.0584 e. The third-order valence-corrected chi connectivity index (χ3v) is 0.714. The maximum Gasteiger partial charge on any atom is 0.0584 e. The van der Waals surface area contributed by atoms with E-state index in [9.17, 15) is 0 Å². The van der Waals surface area contributed by atoms with Crippen molar-refractivity contribution < 1.29 is 0 Å². The van der Waals surface area contributed by atoms with E-state index in [1.165, 1.54) is 0 Å². The predicted octanol–water partition coefficient (Wildman–Crippen LogP) is 1.70. The van der Waals surface area contributed by atoms with Crippen LogP contribution in [-0.4, -0.2) is 11.7 Å². The minimum Gasteiger partial charge on any atom is -0.233 e. The molecule has 0 aliphatic carbocycles. The van der Waals surface area contributed by atoms with Gasteiger partial charge in [-0.15, -0.1) is 0 Å². The van der Waals surface area contributed by atoms with Gasteiger partial charge in [0.25, 0.3) is 0 Å². The molecule has 0 saturated carbocycles. The van der Waals surface area contributed by atoms with E-state index < -0.39 is 0 Å². The van der Waals surface area contributed by atoms with Gasteiger partial charge in [0, 0.05) is 6.54 Å². The van der Waals surface area contributed by atoms with Gasteiger partial charge in [-0.3, -0.25) is 0 Å². The second kappa shape index (κ2) is 5.80. The van der Waals surface area contributed by atoms with Gasteiger partial charge in [-0.2, -0.15) is 0 Å². The van der Waals surface area contributed by atoms with Crippen LogP contribution in [0.1, 0.15) is 12.8 Å². The molecule has 39 valence electrons. The maximum atomic E-state index is 4.33. The largest absolute Gasteiger partial charge is 0.233 e. The first kappa shape index (κ1) is 6.80. The first-order valence-corrected chi connectivity index (χ1v) is 2.65. The Balaban J connectivity index is 2.83. The molecule has 0 atom stereocenters. The minimum atomic E-state index is 0.785. The quantitative estimate of drug-likeness (QED) is 0.309. The van der Waals surface area contributed by atoms with E-state index in [0.29, 0.717) is 0 Å². The third kappa shape index (κ3) is 5.80. The van der Waals surface area contributed by atoms with E-state index >= 15 is 0 Å². The normalized spacial score (nSPS) is 7.57. The van der Waals surface area contributed by atoms with Gasteiger partial charge >= 0.3 is 0 Å². The van der Waals surface area contributed by atoms with Crippen molar-refractivity contribution in [3.8, 4) is 0 Å². The fraction of sp³-hybridized carbons (Fsp3) is 0.600. The van der Waals surface area contributed by atoms with Crippen LogP contribution in [0.3, 0.4) is 0 Å². The molecule has 0 aromatic carbocycles. The third-order valence-electron chi connectivity index (χ3n) is 0.584. The fourth-order valence-corrected chi connectivity index (χ4v) is 0.328. The highest BCUT2D eigenvalue weighted by Gasteiger charge is 1.73. The molecule has 0 aliphatic rings. The van der Waals surface area contributed by atoms with Crippen LogP contribution >= 0.6 is 12.2 Å². The Morgan fingerprint density at radius 2 is 2.43 bits per heavy atom. The molecule has 0 unspecified atom stereocenters. The first-order valence-electron chi connectivity index (χ1n) is 2.24. The Morgan fingerprint density at radius 1 is 1.71 bits per heavy atom. The molecule has 0 N–H and O–H groups in total. The zero-order valence-electron chi connectivity index (χ0n) is 4.18. The Hall–Kier alpha value is -0.200. The van der Waals surface area contributed by atoms with Crippen LogP contribution in [0.2, 0.25) is 0 Å². The van der Waals surface area contributed by atoms with Crippen molar-refractivity contribution in [2.45, 2.75) is 12.8 Å². The van der Waals surface area contributed by atoms with E-state index in [1.807, 2.05) is 0 Å². The summed E-state index contributed by atoms with van der Waals surface area (Å²) in [5.74, 6) is 0. The van der Waals surface area contributed by atoms with E-state index in [1.54, 1.807) is 0 Å². The molecular formula is C5H8NS. The van der Waals surface area contributed by atoms with Gasteiger partial charge in [-0.25, -0.2) is 4.99 Å². The molecular weight excluding hydrogens is 106 g/mol. The van der Waals surface area contributed by atoms with Crippen molar-refractivity contribution in [3.05, 3.63) is 6.92 Å². The minimum absolute atomic E-state index is 0.785. The summed E-state index contributed by atoms with van der Waals surface area (Å²) in [5.41, 5.74) is 0. The molecule has 1 radical (unpaired) electrons. The molecule has 0 rings (SSSR count). The van der Waals surface area contributed by atoms with Crippen molar-refractivity contribution in [2.75, 3.05) is 6.54 Å². The van der Waals surface area contributed by atoms with Gasteiger partial charge in [0.1, 0.15) is 0 Å². The van der Waals surface area contributed by atoms with Crippen LogP contribution in [0, 0.1) is 6.92 Å². The summed E-state index contributed by atoms with van der Waals surface area (Å²) in [6.45, 7) is 4.42. The van der Waals surface area contributed by atoms with Crippen LogP contribution in [-0.2, 0) is 0 Å². The number of hydrogen-bond acceptors (Lipinski definition) is 2. The zero-order valence-corrected chi connectivity index (χ0v) is 5.00. The van der Waals surface area contributed by atoms with Crippen LogP contribution < -0.4 is 0 Å². The van der Waals surface area contributed by atoms with E-state index in [4.69, 9.17) is 0 Å². The molecule has 7 heavy (non-hydrogen) atoms. The van der Waals surface area contributed by atoms with Crippen LogP contribution in [0.4, 0.5) is 0 Å². The zero-order chi connectivity index (χ0) is 5.54. The highest BCUT2D eigenvalue weighted by atomic mass is 32.1. The van der Waals surface area contributed by atoms with Crippen molar-refractivity contribution in [1.82, 2.24) is 0 Å². The lowest BCUT2D eigenvalue weighted by molar-refractivity contribution is 0.858. The Morgan fingerprint density at radius 3 is 2.86 bits per heavy atom. The first-order chi connectivity index (χ1) is 3.41. The molecule has 0 bridgehead atoms. The number of thiocarbonyl (C=S) groups is 1. The number of rotatable bonds is 3. The number of unbranched alkanes of at least 4 members (excludes halogenated alkanes) is 1. The summed E-state index contributed by atoms with van der Waals surface area (Å²) in [7, 11) is 0. The van der Waals surface area contributed by atoms with Crippen LogP contribution in [0.5, 0.6) is 0 Å². The molecule has 0 saturated heterocycles. The van der Waals surface area contributed by atoms with Crippen LogP contribution in [0.25, 0.3) is 0 Å². The maximum absolute atomic E-state index is 4.33. The highest BCUT2D eigenvalue weighted by Crippen LogP contribution is 1.83. The summed E-state index contributed by atoms with van der Waals surface area (Å²) in [4.78, 5) is 3.69. The van der Waals surface area contributed by atoms with Gasteiger partial charge in [-0.1, -0.05) is 13.3 Å². The summed E-state index contributed by atoms with van der Waals surface area (Å²) < 4.78 is 0. The highest BCUT2D eigenvalue weighted by molar-refractivity contribution is 7.78. The fourth-order valence-electron chi connectivity index (χ4n) is 0.237. The number of hydrogen-bond donors (Lipinski definition) is 0. The van der Waals surface area contributed by atoms with Gasteiger partial charge in [-0.05, 0) is 18.6 Å². The van der Waals surface area contributed by atoms with Crippen molar-refractivity contribution in [3.63, 3.8) is 0 Å². The Kier molecular flexibility index (Phi) is 5.63. The lowest BCUT2D eigenvalue weighted by Gasteiger charge is -1.81. The topological polar surface area (TPSA) is 12.4 Å². The average molecular weight is 114 g/mol. The monoisotopic (exact) mass is 114 g/mol. The van der Waals surface area contributed by atoms with Crippen molar-refractivity contribution >= 4 is 17.4 Å². The molecule has 0 aromatic rings. The van der Waals surface area contributed by atoms with Crippen LogP contribution in [0.15, 0.2) is 4.99 Å². The second-order valence-corrected chi connectivity index (χ2v) is 1.36. The number of aliphatic imine (C=N–C) groups is 1. The lowest BCUT2D eigenvalue weighted by Crippen LogP contribution is -1.74. The molecule has 0 heterocycles. The Bertz CT molecular complexity index is 74.1.